The van der Waals surface area contributed by atoms with Gasteiger partial charge in [-0.15, -0.1) is 11.8 Å². The minimum atomic E-state index is -0.166. The van der Waals surface area contributed by atoms with Crippen molar-refractivity contribution in [2.75, 3.05) is 31.4 Å². The Hall–Kier alpha value is 0.240. The minimum Gasteiger partial charge on any atom is -0.293 e. The van der Waals surface area contributed by atoms with E-state index in [1.165, 1.54) is 5.75 Å². The smallest absolute Gasteiger partial charge is 0.0906 e. The van der Waals surface area contributed by atoms with Gasteiger partial charge >= 0.3 is 0 Å². The highest BCUT2D eigenvalue weighted by Crippen LogP contribution is 2.12. The summed E-state index contributed by atoms with van der Waals surface area (Å²) >= 11 is 1.94. The molecule has 0 aromatic heterocycles. The van der Waals surface area contributed by atoms with Crippen LogP contribution in [0.3, 0.4) is 0 Å². The molecule has 1 nitrogen and oxygen atoms in total. The van der Waals surface area contributed by atoms with E-state index in [9.17, 15) is 4.39 Å². The van der Waals surface area contributed by atoms with Crippen molar-refractivity contribution in [1.29, 1.82) is 0 Å². The van der Waals surface area contributed by atoms with Crippen molar-refractivity contribution in [3.05, 3.63) is 0 Å². The van der Waals surface area contributed by atoms with Crippen LogP contribution in [0.1, 0.15) is 6.42 Å². The highest BCUT2D eigenvalue weighted by Gasteiger charge is 2.09. The molecule has 1 aliphatic heterocycles. The SMILES string of the molecule is FCCCN1CCSC1. The molecule has 0 saturated carbocycles. The largest absolute Gasteiger partial charge is 0.293 e. The Labute approximate surface area is 59.6 Å². The topological polar surface area (TPSA) is 3.24 Å². The highest BCUT2D eigenvalue weighted by molar-refractivity contribution is 7.99. The summed E-state index contributed by atoms with van der Waals surface area (Å²) in [5, 5.41) is 0. The number of hydrogen-bond donors (Lipinski definition) is 0. The maximum atomic E-state index is 11.6. The molecular formula is C6H12FNS. The second kappa shape index (κ2) is 4.12. The van der Waals surface area contributed by atoms with Crippen LogP contribution < -0.4 is 0 Å². The lowest BCUT2D eigenvalue weighted by atomic mass is 10.4. The molecule has 1 heterocycles. The zero-order valence-corrected chi connectivity index (χ0v) is 6.29. The zero-order chi connectivity index (χ0) is 6.53. The van der Waals surface area contributed by atoms with Crippen LogP contribution in [0.2, 0.25) is 0 Å². The third-order valence-electron chi connectivity index (χ3n) is 1.43. The van der Waals surface area contributed by atoms with Crippen molar-refractivity contribution in [3.63, 3.8) is 0 Å². The average Bonchev–Trinajstić information content (AvgIpc) is 2.34. The molecule has 54 valence electrons. The van der Waals surface area contributed by atoms with Gasteiger partial charge in [-0.1, -0.05) is 0 Å². The normalized spacial score (nSPS) is 21.0. The van der Waals surface area contributed by atoms with Crippen LogP contribution in [0.5, 0.6) is 0 Å². The summed E-state index contributed by atoms with van der Waals surface area (Å²) in [4.78, 5) is 2.30. The number of halogens is 1. The number of hydrogen-bond acceptors (Lipinski definition) is 2. The molecule has 1 aliphatic rings. The Morgan fingerprint density at radius 3 is 3.00 bits per heavy atom. The Kier molecular flexibility index (Phi) is 3.36. The van der Waals surface area contributed by atoms with Crippen molar-refractivity contribution in [2.45, 2.75) is 6.42 Å². The van der Waals surface area contributed by atoms with Gasteiger partial charge in [-0.05, 0) is 6.42 Å². The highest BCUT2D eigenvalue weighted by atomic mass is 32.2. The predicted molar refractivity (Wildman–Crippen MR) is 39.5 cm³/mol. The number of alkyl halides is 1. The van der Waals surface area contributed by atoms with Crippen molar-refractivity contribution in [2.24, 2.45) is 0 Å². The standard InChI is InChI=1S/C6H12FNS/c7-2-1-3-8-4-5-9-6-8/h1-6H2. The van der Waals surface area contributed by atoms with Gasteiger partial charge in [0.05, 0.1) is 6.67 Å². The van der Waals surface area contributed by atoms with Gasteiger partial charge in [0.15, 0.2) is 0 Å². The third-order valence-corrected chi connectivity index (χ3v) is 2.45. The van der Waals surface area contributed by atoms with E-state index in [0.717, 1.165) is 19.0 Å². The van der Waals surface area contributed by atoms with E-state index in [-0.39, 0.29) is 6.67 Å². The van der Waals surface area contributed by atoms with Gasteiger partial charge in [-0.25, -0.2) is 0 Å². The fourth-order valence-corrected chi connectivity index (χ4v) is 1.94. The molecule has 1 rings (SSSR count). The van der Waals surface area contributed by atoms with Crippen LogP contribution in [0.25, 0.3) is 0 Å². The fourth-order valence-electron chi connectivity index (χ4n) is 0.912. The third kappa shape index (κ3) is 2.54. The second-order valence-electron chi connectivity index (χ2n) is 2.20. The summed E-state index contributed by atoms with van der Waals surface area (Å²) in [7, 11) is 0. The molecular weight excluding hydrogens is 137 g/mol. The van der Waals surface area contributed by atoms with E-state index in [1.807, 2.05) is 11.8 Å². The molecule has 0 aromatic carbocycles. The monoisotopic (exact) mass is 149 g/mol. The maximum Gasteiger partial charge on any atom is 0.0906 e. The van der Waals surface area contributed by atoms with Crippen molar-refractivity contribution >= 4 is 11.8 Å². The summed E-state index contributed by atoms with van der Waals surface area (Å²) in [6.45, 7) is 1.94. The summed E-state index contributed by atoms with van der Waals surface area (Å²) in [6.07, 6.45) is 0.709. The summed E-state index contributed by atoms with van der Waals surface area (Å²) in [6, 6.07) is 0. The molecule has 3 heteroatoms. The first-order chi connectivity index (χ1) is 4.43. The Morgan fingerprint density at radius 2 is 2.44 bits per heavy atom. The van der Waals surface area contributed by atoms with Gasteiger partial charge in [-0.3, -0.25) is 9.29 Å². The van der Waals surface area contributed by atoms with Crippen molar-refractivity contribution < 1.29 is 4.39 Å². The Bertz CT molecular complexity index is 73.5. The quantitative estimate of drug-likeness (QED) is 0.596. The van der Waals surface area contributed by atoms with E-state index in [0.29, 0.717) is 6.42 Å². The summed E-state index contributed by atoms with van der Waals surface area (Å²) in [5.41, 5.74) is 0. The summed E-state index contributed by atoms with van der Waals surface area (Å²) in [5.74, 6) is 2.34. The number of thioether (sulfide) groups is 1. The van der Waals surface area contributed by atoms with Gasteiger partial charge < -0.3 is 0 Å². The van der Waals surface area contributed by atoms with E-state index in [4.69, 9.17) is 0 Å². The molecule has 9 heavy (non-hydrogen) atoms. The molecule has 0 N–H and O–H groups in total. The lowest BCUT2D eigenvalue weighted by Gasteiger charge is -2.10. The average molecular weight is 149 g/mol. The minimum absolute atomic E-state index is 0.166. The number of nitrogens with zero attached hydrogens (tertiary/aromatic N) is 1. The van der Waals surface area contributed by atoms with Gasteiger partial charge in [0.2, 0.25) is 0 Å². The van der Waals surface area contributed by atoms with E-state index >= 15 is 0 Å². The molecule has 0 aliphatic carbocycles. The van der Waals surface area contributed by atoms with Crippen molar-refractivity contribution in [3.8, 4) is 0 Å². The van der Waals surface area contributed by atoms with Crippen LogP contribution >= 0.6 is 11.8 Å². The molecule has 0 bridgehead atoms. The first-order valence-corrected chi connectivity index (χ1v) is 4.45. The van der Waals surface area contributed by atoms with E-state index in [2.05, 4.69) is 4.90 Å². The zero-order valence-electron chi connectivity index (χ0n) is 5.48. The van der Waals surface area contributed by atoms with Gasteiger partial charge in [0.25, 0.3) is 0 Å². The van der Waals surface area contributed by atoms with Crippen LogP contribution in [0, 0.1) is 0 Å². The first kappa shape index (κ1) is 7.35. The number of rotatable bonds is 3. The lowest BCUT2D eigenvalue weighted by molar-refractivity contribution is 0.325. The van der Waals surface area contributed by atoms with Crippen LogP contribution in [-0.4, -0.2) is 36.3 Å². The second-order valence-corrected chi connectivity index (χ2v) is 3.27. The fraction of sp³-hybridized carbons (Fsp3) is 1.00. The first-order valence-electron chi connectivity index (χ1n) is 3.29. The molecule has 0 radical (unpaired) electrons. The van der Waals surface area contributed by atoms with Crippen LogP contribution in [0.4, 0.5) is 4.39 Å². The Morgan fingerprint density at radius 1 is 1.56 bits per heavy atom. The predicted octanol–water partition coefficient (Wildman–Crippen LogP) is 1.35. The molecule has 0 atom stereocenters. The van der Waals surface area contributed by atoms with Gasteiger partial charge in [0, 0.05) is 24.7 Å². The molecule has 0 unspecified atom stereocenters. The van der Waals surface area contributed by atoms with Gasteiger partial charge in [-0.2, -0.15) is 0 Å². The molecule has 0 amide bonds. The van der Waals surface area contributed by atoms with Gasteiger partial charge in [0.1, 0.15) is 0 Å². The molecule has 1 fully saturated rings. The lowest BCUT2D eigenvalue weighted by Crippen LogP contribution is -2.20. The molecule has 0 spiro atoms. The van der Waals surface area contributed by atoms with E-state index < -0.39 is 0 Å². The maximum absolute atomic E-state index is 11.6. The summed E-state index contributed by atoms with van der Waals surface area (Å²) < 4.78 is 11.6. The molecule has 0 aromatic rings. The van der Waals surface area contributed by atoms with Crippen LogP contribution in [-0.2, 0) is 0 Å². The van der Waals surface area contributed by atoms with Crippen molar-refractivity contribution in [1.82, 2.24) is 4.90 Å². The van der Waals surface area contributed by atoms with Crippen LogP contribution in [0.15, 0.2) is 0 Å². The van der Waals surface area contributed by atoms with E-state index in [1.54, 1.807) is 0 Å². The molecule has 1 saturated heterocycles. The Balaban J connectivity index is 1.98.